The minimum absolute atomic E-state index is 0.0127. The number of ether oxygens (including phenoxy) is 1. The Morgan fingerprint density at radius 3 is 2.50 bits per heavy atom. The average Bonchev–Trinajstić information content (AvgIpc) is 2.44. The van der Waals surface area contributed by atoms with Gasteiger partial charge in [-0.3, -0.25) is 0 Å². The van der Waals surface area contributed by atoms with Gasteiger partial charge in [-0.05, 0) is 56.1 Å². The van der Waals surface area contributed by atoms with Crippen molar-refractivity contribution < 1.29 is 13.5 Å². The van der Waals surface area contributed by atoms with Crippen LogP contribution in [-0.2, 0) is 6.54 Å². The normalized spacial score (nSPS) is 10.4. The number of hydrogen-bond donors (Lipinski definition) is 1. The molecule has 6 heteroatoms. The lowest BCUT2D eigenvalue weighted by Gasteiger charge is -2.11. The molecule has 2 nitrogen and oxygen atoms in total. The lowest BCUT2D eigenvalue weighted by atomic mass is 10.2. The maximum atomic E-state index is 13.8. The second-order valence-corrected chi connectivity index (χ2v) is 5.73. The molecule has 20 heavy (non-hydrogen) atoms. The van der Waals surface area contributed by atoms with Gasteiger partial charge in [-0.2, -0.15) is 0 Å². The molecule has 0 aliphatic rings. The molecule has 0 amide bonds. The largest absolute Gasteiger partial charge is 0.495 e. The molecular formula is C14H11Br2F2NO. The first kappa shape index (κ1) is 15.3. The van der Waals surface area contributed by atoms with Crippen LogP contribution in [0.5, 0.6) is 5.75 Å². The molecule has 0 fully saturated rings. The number of rotatable bonds is 4. The molecule has 0 radical (unpaired) electrons. The third-order valence-electron chi connectivity index (χ3n) is 2.76. The number of methoxy groups -OCH3 is 1. The van der Waals surface area contributed by atoms with Crippen LogP contribution >= 0.6 is 31.9 Å². The highest BCUT2D eigenvalue weighted by Gasteiger charge is 2.12. The van der Waals surface area contributed by atoms with Gasteiger partial charge in [0.25, 0.3) is 0 Å². The molecule has 0 spiro atoms. The van der Waals surface area contributed by atoms with Crippen molar-refractivity contribution >= 4 is 37.5 Å². The molecule has 2 rings (SSSR count). The Labute approximate surface area is 132 Å². The van der Waals surface area contributed by atoms with Gasteiger partial charge in [-0.1, -0.05) is 0 Å². The summed E-state index contributed by atoms with van der Waals surface area (Å²) in [5.74, 6) is -0.533. The van der Waals surface area contributed by atoms with E-state index >= 15 is 0 Å². The van der Waals surface area contributed by atoms with Crippen molar-refractivity contribution in [2.24, 2.45) is 0 Å². The predicted molar refractivity (Wildman–Crippen MR) is 82.1 cm³/mol. The maximum Gasteiger partial charge on any atom is 0.145 e. The van der Waals surface area contributed by atoms with Crippen molar-refractivity contribution in [3.05, 3.63) is 56.5 Å². The predicted octanol–water partition coefficient (Wildman–Crippen LogP) is 5.11. The van der Waals surface area contributed by atoms with Crippen molar-refractivity contribution in [2.45, 2.75) is 6.54 Å². The van der Waals surface area contributed by atoms with Gasteiger partial charge >= 0.3 is 0 Å². The van der Waals surface area contributed by atoms with Gasteiger partial charge in [0, 0.05) is 23.9 Å². The van der Waals surface area contributed by atoms with E-state index in [1.54, 1.807) is 25.3 Å². The summed E-state index contributed by atoms with van der Waals surface area (Å²) in [6.45, 7) is 0.0435. The van der Waals surface area contributed by atoms with Crippen LogP contribution in [0.2, 0.25) is 0 Å². The smallest absolute Gasteiger partial charge is 0.145 e. The van der Waals surface area contributed by atoms with Crippen LogP contribution in [0.15, 0.2) is 39.3 Å². The highest BCUT2D eigenvalue weighted by Crippen LogP contribution is 2.28. The van der Waals surface area contributed by atoms with Gasteiger partial charge < -0.3 is 10.1 Å². The summed E-state index contributed by atoms with van der Waals surface area (Å²) in [6, 6.07) is 7.91. The first-order chi connectivity index (χ1) is 9.52. The fraction of sp³-hybridized carbons (Fsp3) is 0.143. The second kappa shape index (κ2) is 6.54. The minimum Gasteiger partial charge on any atom is -0.495 e. The van der Waals surface area contributed by atoms with Gasteiger partial charge in [-0.15, -0.1) is 0 Å². The molecular weight excluding hydrogens is 396 g/mol. The molecule has 0 aliphatic heterocycles. The Balaban J connectivity index is 2.19. The molecule has 1 N–H and O–H groups in total. The number of halogens is 4. The zero-order chi connectivity index (χ0) is 14.7. The van der Waals surface area contributed by atoms with Crippen LogP contribution in [0.4, 0.5) is 14.5 Å². The Kier molecular flexibility index (Phi) is 4.99. The second-order valence-electron chi connectivity index (χ2n) is 4.02. The van der Waals surface area contributed by atoms with E-state index in [0.717, 1.165) is 4.47 Å². The number of hydrogen-bond acceptors (Lipinski definition) is 2. The van der Waals surface area contributed by atoms with E-state index in [2.05, 4.69) is 37.2 Å². The fourth-order valence-electron chi connectivity index (χ4n) is 1.69. The molecule has 0 saturated carbocycles. The summed E-state index contributed by atoms with van der Waals surface area (Å²) in [7, 11) is 1.55. The van der Waals surface area contributed by atoms with E-state index in [9.17, 15) is 8.78 Å². The quantitative estimate of drug-likeness (QED) is 0.712. The SMILES string of the molecule is COc1cc(NCc2c(F)ccc(Br)c2F)ccc1Br. The summed E-state index contributed by atoms with van der Waals surface area (Å²) in [5.41, 5.74) is 0.699. The number of benzene rings is 2. The monoisotopic (exact) mass is 405 g/mol. The minimum atomic E-state index is -0.596. The molecule has 0 atom stereocenters. The van der Waals surface area contributed by atoms with Crippen molar-refractivity contribution in [3.8, 4) is 5.75 Å². The lowest BCUT2D eigenvalue weighted by molar-refractivity contribution is 0.412. The fourth-order valence-corrected chi connectivity index (χ4v) is 2.47. The van der Waals surface area contributed by atoms with E-state index < -0.39 is 11.6 Å². The maximum absolute atomic E-state index is 13.8. The summed E-state index contributed by atoms with van der Waals surface area (Å²) in [5, 5.41) is 2.97. The third kappa shape index (κ3) is 3.30. The molecule has 106 valence electrons. The van der Waals surface area contributed by atoms with Gasteiger partial charge in [0.15, 0.2) is 0 Å². The number of anilines is 1. The summed E-state index contributed by atoms with van der Waals surface area (Å²) >= 11 is 6.38. The molecule has 0 aromatic heterocycles. The van der Waals surface area contributed by atoms with Gasteiger partial charge in [-0.25, -0.2) is 8.78 Å². The molecule has 0 heterocycles. The molecule has 0 saturated heterocycles. The topological polar surface area (TPSA) is 21.3 Å². The highest BCUT2D eigenvalue weighted by atomic mass is 79.9. The molecule has 0 aliphatic carbocycles. The average molecular weight is 407 g/mol. The highest BCUT2D eigenvalue weighted by molar-refractivity contribution is 9.10. The third-order valence-corrected chi connectivity index (χ3v) is 4.03. The van der Waals surface area contributed by atoms with Gasteiger partial charge in [0.05, 0.1) is 16.1 Å². The zero-order valence-corrected chi connectivity index (χ0v) is 13.7. The van der Waals surface area contributed by atoms with E-state index in [1.165, 1.54) is 12.1 Å². The molecule has 0 unspecified atom stereocenters. The Morgan fingerprint density at radius 1 is 1.10 bits per heavy atom. The standard InChI is InChI=1S/C14H11Br2F2NO/c1-20-13-6-8(2-3-10(13)15)19-7-9-12(17)5-4-11(16)14(9)18/h2-6,19H,7H2,1H3. The first-order valence-corrected chi connectivity index (χ1v) is 7.31. The Hall–Kier alpha value is -1.14. The van der Waals surface area contributed by atoms with Gasteiger partial charge in [0.1, 0.15) is 17.4 Å². The van der Waals surface area contributed by atoms with Crippen molar-refractivity contribution in [2.75, 3.05) is 12.4 Å². The van der Waals surface area contributed by atoms with Crippen molar-refractivity contribution in [1.29, 1.82) is 0 Å². The van der Waals surface area contributed by atoms with E-state index in [1.807, 2.05) is 0 Å². The lowest BCUT2D eigenvalue weighted by Crippen LogP contribution is -2.05. The Morgan fingerprint density at radius 2 is 1.80 bits per heavy atom. The van der Waals surface area contributed by atoms with Crippen LogP contribution in [0.25, 0.3) is 0 Å². The number of nitrogens with one attached hydrogen (secondary N) is 1. The van der Waals surface area contributed by atoms with E-state index in [4.69, 9.17) is 4.74 Å². The summed E-state index contributed by atoms with van der Waals surface area (Å²) in [4.78, 5) is 0. The summed E-state index contributed by atoms with van der Waals surface area (Å²) in [6.07, 6.45) is 0. The van der Waals surface area contributed by atoms with Crippen molar-refractivity contribution in [3.63, 3.8) is 0 Å². The van der Waals surface area contributed by atoms with Gasteiger partial charge in [0.2, 0.25) is 0 Å². The van der Waals surface area contributed by atoms with E-state index in [0.29, 0.717) is 11.4 Å². The zero-order valence-electron chi connectivity index (χ0n) is 10.5. The molecule has 0 bridgehead atoms. The van der Waals surface area contributed by atoms with Crippen LogP contribution in [-0.4, -0.2) is 7.11 Å². The van der Waals surface area contributed by atoms with Crippen LogP contribution in [0.1, 0.15) is 5.56 Å². The molecule has 2 aromatic rings. The van der Waals surface area contributed by atoms with E-state index in [-0.39, 0.29) is 16.6 Å². The summed E-state index contributed by atoms with van der Waals surface area (Å²) < 4.78 is 33.6. The van der Waals surface area contributed by atoms with Crippen molar-refractivity contribution in [1.82, 2.24) is 0 Å². The molecule has 2 aromatic carbocycles. The van der Waals surface area contributed by atoms with Crippen LogP contribution in [0.3, 0.4) is 0 Å². The van der Waals surface area contributed by atoms with Crippen LogP contribution in [0, 0.1) is 11.6 Å². The van der Waals surface area contributed by atoms with Crippen LogP contribution < -0.4 is 10.1 Å². The Bertz CT molecular complexity index is 635. The first-order valence-electron chi connectivity index (χ1n) is 5.72.